The van der Waals surface area contributed by atoms with Gasteiger partial charge < -0.3 is 9.30 Å². The maximum atomic E-state index is 12.0. The molecule has 1 aromatic heterocycles. The van der Waals surface area contributed by atoms with E-state index < -0.39 is 12.5 Å². The van der Waals surface area contributed by atoms with Crippen LogP contribution in [0, 0.1) is 0 Å². The quantitative estimate of drug-likeness (QED) is 0.825. The van der Waals surface area contributed by atoms with Crippen LogP contribution < -0.4 is 21.1 Å². The van der Waals surface area contributed by atoms with Crippen molar-refractivity contribution in [1.29, 1.82) is 0 Å². The number of hydrazine groups is 1. The fraction of sp³-hybridized carbons (Fsp3) is 0.143. The van der Waals surface area contributed by atoms with E-state index in [0.717, 1.165) is 0 Å². The van der Waals surface area contributed by atoms with Gasteiger partial charge in [-0.05, 0) is 30.3 Å². The highest BCUT2D eigenvalue weighted by Crippen LogP contribution is 2.17. The maximum Gasteiger partial charge on any atom is 0.387 e. The van der Waals surface area contributed by atoms with E-state index in [1.54, 1.807) is 0 Å². The second-order valence-corrected chi connectivity index (χ2v) is 4.35. The van der Waals surface area contributed by atoms with Gasteiger partial charge in [-0.1, -0.05) is 0 Å². The minimum Gasteiger partial charge on any atom is -0.435 e. The number of pyridine rings is 1. The van der Waals surface area contributed by atoms with Crippen LogP contribution in [0.1, 0.15) is 10.4 Å². The molecular formula is C14H13F2N3O3. The topological polar surface area (TPSA) is 72.4 Å². The van der Waals surface area contributed by atoms with Crippen molar-refractivity contribution in [2.24, 2.45) is 7.05 Å². The van der Waals surface area contributed by atoms with E-state index in [2.05, 4.69) is 15.6 Å². The number of anilines is 1. The van der Waals surface area contributed by atoms with Gasteiger partial charge in [0.1, 0.15) is 5.75 Å². The highest BCUT2D eigenvalue weighted by molar-refractivity contribution is 5.94. The van der Waals surface area contributed by atoms with Crippen LogP contribution >= 0.6 is 0 Å². The number of ether oxygens (including phenoxy) is 1. The Kier molecular flexibility index (Phi) is 4.72. The predicted molar refractivity (Wildman–Crippen MR) is 75.8 cm³/mol. The normalized spacial score (nSPS) is 10.4. The van der Waals surface area contributed by atoms with Gasteiger partial charge in [-0.2, -0.15) is 8.78 Å². The average Bonchev–Trinajstić information content (AvgIpc) is 2.48. The van der Waals surface area contributed by atoms with Gasteiger partial charge in [0.2, 0.25) is 5.56 Å². The third-order valence-electron chi connectivity index (χ3n) is 2.75. The van der Waals surface area contributed by atoms with E-state index >= 15 is 0 Å². The molecule has 2 rings (SSSR count). The molecule has 2 N–H and O–H groups in total. The Hall–Kier alpha value is -2.90. The highest BCUT2D eigenvalue weighted by atomic mass is 19.3. The summed E-state index contributed by atoms with van der Waals surface area (Å²) >= 11 is 0. The van der Waals surface area contributed by atoms with Gasteiger partial charge in [-0.3, -0.25) is 20.4 Å². The Morgan fingerprint density at radius 1 is 1.18 bits per heavy atom. The number of benzene rings is 1. The summed E-state index contributed by atoms with van der Waals surface area (Å²) in [5.74, 6) is -0.423. The number of aryl methyl sites for hydroxylation is 1. The van der Waals surface area contributed by atoms with Gasteiger partial charge in [0.15, 0.2) is 0 Å². The zero-order valence-corrected chi connectivity index (χ0v) is 11.5. The molecule has 1 aromatic carbocycles. The van der Waals surface area contributed by atoms with Crippen molar-refractivity contribution in [3.05, 3.63) is 58.5 Å². The Balaban J connectivity index is 1.95. The fourth-order valence-electron chi connectivity index (χ4n) is 1.65. The average molecular weight is 309 g/mol. The van der Waals surface area contributed by atoms with Gasteiger partial charge in [0.25, 0.3) is 5.91 Å². The van der Waals surface area contributed by atoms with Crippen LogP contribution in [-0.4, -0.2) is 17.1 Å². The summed E-state index contributed by atoms with van der Waals surface area (Å²) in [4.78, 5) is 23.1. The predicted octanol–water partition coefficient (Wildman–Crippen LogP) is 1.74. The summed E-state index contributed by atoms with van der Waals surface area (Å²) in [6.07, 6.45) is 1.40. The number of aromatic nitrogens is 1. The molecule has 0 unspecified atom stereocenters. The third-order valence-corrected chi connectivity index (χ3v) is 2.75. The largest absolute Gasteiger partial charge is 0.435 e. The van der Waals surface area contributed by atoms with Crippen molar-refractivity contribution in [2.75, 3.05) is 5.43 Å². The fourth-order valence-corrected chi connectivity index (χ4v) is 1.65. The molecule has 1 heterocycles. The van der Waals surface area contributed by atoms with E-state index in [9.17, 15) is 18.4 Å². The molecule has 6 nitrogen and oxygen atoms in total. The van der Waals surface area contributed by atoms with Crippen molar-refractivity contribution in [1.82, 2.24) is 9.99 Å². The molecule has 22 heavy (non-hydrogen) atoms. The van der Waals surface area contributed by atoms with Crippen molar-refractivity contribution in [3.63, 3.8) is 0 Å². The lowest BCUT2D eigenvalue weighted by Crippen LogP contribution is -2.30. The van der Waals surface area contributed by atoms with Gasteiger partial charge in [-0.15, -0.1) is 0 Å². The van der Waals surface area contributed by atoms with Crippen LogP contribution in [-0.2, 0) is 7.05 Å². The minimum atomic E-state index is -2.89. The first-order valence-electron chi connectivity index (χ1n) is 6.23. The zero-order valence-electron chi connectivity index (χ0n) is 11.5. The number of nitrogens with zero attached hydrogens (tertiary/aromatic N) is 1. The van der Waals surface area contributed by atoms with Crippen molar-refractivity contribution in [2.45, 2.75) is 6.61 Å². The van der Waals surface area contributed by atoms with Crippen LogP contribution in [0.2, 0.25) is 0 Å². The molecule has 0 fully saturated rings. The summed E-state index contributed by atoms with van der Waals surface area (Å²) in [6, 6.07) is 8.31. The Morgan fingerprint density at radius 2 is 1.86 bits per heavy atom. The van der Waals surface area contributed by atoms with Crippen LogP contribution in [0.25, 0.3) is 0 Å². The molecular weight excluding hydrogens is 296 g/mol. The molecule has 0 aliphatic heterocycles. The minimum absolute atomic E-state index is 0.0185. The van der Waals surface area contributed by atoms with Gasteiger partial charge in [0, 0.05) is 19.3 Å². The lowest BCUT2D eigenvalue weighted by atomic mass is 10.2. The molecule has 0 radical (unpaired) electrons. The summed E-state index contributed by atoms with van der Waals surface area (Å²) in [5, 5.41) is 0. The smallest absolute Gasteiger partial charge is 0.387 e. The van der Waals surface area contributed by atoms with Gasteiger partial charge >= 0.3 is 6.61 Å². The van der Waals surface area contributed by atoms with E-state index in [-0.39, 0.29) is 11.3 Å². The van der Waals surface area contributed by atoms with Gasteiger partial charge in [0.05, 0.1) is 11.3 Å². The molecule has 116 valence electrons. The standard InChI is InChI=1S/C14H13F2N3O3/c1-19-8-9(2-7-12(19)20)13(21)18-17-10-3-5-11(6-4-10)22-14(15)16/h2-8,14,17H,1H3,(H,18,21). The van der Waals surface area contributed by atoms with Crippen molar-refractivity contribution < 1.29 is 18.3 Å². The molecule has 8 heteroatoms. The molecule has 0 saturated carbocycles. The SMILES string of the molecule is Cn1cc(C(=O)NNc2ccc(OC(F)F)cc2)ccc1=O. The number of carbonyl (C=O) groups is 1. The van der Waals surface area contributed by atoms with E-state index in [4.69, 9.17) is 0 Å². The van der Waals surface area contributed by atoms with Crippen LogP contribution in [0.15, 0.2) is 47.4 Å². The third kappa shape index (κ3) is 4.05. The summed E-state index contributed by atoms with van der Waals surface area (Å²) < 4.78 is 29.5. The maximum absolute atomic E-state index is 12.0. The number of halogens is 2. The van der Waals surface area contributed by atoms with E-state index in [0.29, 0.717) is 11.3 Å². The summed E-state index contributed by atoms with van der Waals surface area (Å²) in [7, 11) is 1.54. The molecule has 0 atom stereocenters. The Morgan fingerprint density at radius 3 is 2.45 bits per heavy atom. The summed E-state index contributed by atoms with van der Waals surface area (Å²) in [5.41, 5.74) is 5.62. The highest BCUT2D eigenvalue weighted by Gasteiger charge is 2.07. The lowest BCUT2D eigenvalue weighted by Gasteiger charge is -2.10. The number of nitrogens with one attached hydrogen (secondary N) is 2. The monoisotopic (exact) mass is 309 g/mol. The van der Waals surface area contributed by atoms with E-state index in [1.165, 1.54) is 54.2 Å². The molecule has 0 spiro atoms. The number of hydrogen-bond donors (Lipinski definition) is 2. The zero-order chi connectivity index (χ0) is 16.1. The first kappa shape index (κ1) is 15.5. The number of rotatable bonds is 5. The second kappa shape index (κ2) is 6.70. The van der Waals surface area contributed by atoms with Gasteiger partial charge in [-0.25, -0.2) is 0 Å². The van der Waals surface area contributed by atoms with Crippen LogP contribution in [0.3, 0.4) is 0 Å². The molecule has 0 aliphatic carbocycles. The first-order chi connectivity index (χ1) is 10.5. The van der Waals surface area contributed by atoms with Crippen molar-refractivity contribution in [3.8, 4) is 5.75 Å². The number of hydrogen-bond acceptors (Lipinski definition) is 4. The van der Waals surface area contributed by atoms with Crippen LogP contribution in [0.5, 0.6) is 5.75 Å². The Bertz CT molecular complexity index is 714. The number of amides is 1. The van der Waals surface area contributed by atoms with E-state index in [1.807, 2.05) is 0 Å². The number of carbonyl (C=O) groups excluding carboxylic acids is 1. The molecule has 2 aromatic rings. The number of alkyl halides is 2. The lowest BCUT2D eigenvalue weighted by molar-refractivity contribution is -0.0498. The first-order valence-corrected chi connectivity index (χ1v) is 6.23. The molecule has 0 aliphatic rings. The Labute approximate surface area is 124 Å². The van der Waals surface area contributed by atoms with Crippen LogP contribution in [0.4, 0.5) is 14.5 Å². The summed E-state index contributed by atoms with van der Waals surface area (Å²) in [6.45, 7) is -2.89. The molecule has 0 saturated heterocycles. The molecule has 0 bridgehead atoms. The van der Waals surface area contributed by atoms with Crippen molar-refractivity contribution >= 4 is 11.6 Å². The molecule has 1 amide bonds. The second-order valence-electron chi connectivity index (χ2n) is 4.35.